The molecule has 0 heterocycles. The van der Waals surface area contributed by atoms with Crippen LogP contribution in [0.1, 0.15) is 12.8 Å². The quantitative estimate of drug-likeness (QED) is 0.317. The fraction of sp³-hybridized carbons (Fsp3) is 0.875. The zero-order valence-electron chi connectivity index (χ0n) is 8.38. The molecule has 0 aromatic carbocycles. The van der Waals surface area contributed by atoms with Gasteiger partial charge in [0.15, 0.2) is 0 Å². The molecule has 0 bridgehead atoms. The van der Waals surface area contributed by atoms with E-state index < -0.39 is 0 Å². The Labute approximate surface area is 79.2 Å². The molecule has 0 aliphatic rings. The number of amides is 1. The van der Waals surface area contributed by atoms with Crippen LogP contribution in [0.25, 0.3) is 0 Å². The molecule has 0 aliphatic carbocycles. The van der Waals surface area contributed by atoms with Crippen molar-refractivity contribution in [2.45, 2.75) is 12.8 Å². The Bertz CT molecular complexity index is 141. The van der Waals surface area contributed by atoms with Crippen molar-refractivity contribution in [2.24, 2.45) is 5.84 Å². The fourth-order valence-electron chi connectivity index (χ4n) is 0.941. The highest BCUT2D eigenvalue weighted by molar-refractivity contribution is 5.75. The minimum absolute atomic E-state index is 0.111. The Morgan fingerprint density at radius 1 is 1.54 bits per heavy atom. The van der Waals surface area contributed by atoms with Gasteiger partial charge in [-0.15, -0.1) is 0 Å². The number of carbonyl (C=O) groups is 1. The Kier molecular flexibility index (Phi) is 7.57. The van der Waals surface area contributed by atoms with Crippen molar-refractivity contribution in [1.82, 2.24) is 10.3 Å². The second-order valence-corrected chi connectivity index (χ2v) is 2.97. The second-order valence-electron chi connectivity index (χ2n) is 2.97. The monoisotopic (exact) mass is 189 g/mol. The van der Waals surface area contributed by atoms with Crippen LogP contribution in [0.2, 0.25) is 0 Å². The smallest absolute Gasteiger partial charge is 0.233 e. The van der Waals surface area contributed by atoms with Gasteiger partial charge in [0.05, 0.1) is 6.61 Å². The summed E-state index contributed by atoms with van der Waals surface area (Å²) in [6.07, 6.45) is 1.30. The summed E-state index contributed by atoms with van der Waals surface area (Å²) in [5.41, 5.74) is 2.10. The van der Waals surface area contributed by atoms with Gasteiger partial charge in [0.1, 0.15) is 0 Å². The summed E-state index contributed by atoms with van der Waals surface area (Å²) >= 11 is 0. The van der Waals surface area contributed by atoms with E-state index in [1.165, 1.54) is 0 Å². The van der Waals surface area contributed by atoms with Crippen LogP contribution in [0.15, 0.2) is 0 Å². The van der Waals surface area contributed by atoms with Crippen molar-refractivity contribution in [3.8, 4) is 0 Å². The van der Waals surface area contributed by atoms with Gasteiger partial charge in [0.2, 0.25) is 5.91 Å². The first-order chi connectivity index (χ1) is 6.20. The zero-order chi connectivity index (χ0) is 10.1. The third-order valence-electron chi connectivity index (χ3n) is 1.78. The molecule has 1 amide bonds. The Balaban J connectivity index is 3.26. The molecular weight excluding hydrogens is 170 g/mol. The first-order valence-electron chi connectivity index (χ1n) is 4.37. The molecule has 0 aromatic rings. The molecule has 0 saturated carbocycles. The molecule has 0 aliphatic heterocycles. The minimum Gasteiger partial charge on any atom is -0.383 e. The maximum absolute atomic E-state index is 10.7. The van der Waals surface area contributed by atoms with E-state index in [9.17, 15) is 4.79 Å². The lowest BCUT2D eigenvalue weighted by atomic mass is 10.3. The van der Waals surface area contributed by atoms with Gasteiger partial charge in [-0.3, -0.25) is 10.2 Å². The summed E-state index contributed by atoms with van der Waals surface area (Å²) in [6.45, 7) is 2.50. The van der Waals surface area contributed by atoms with E-state index in [0.29, 0.717) is 6.42 Å². The van der Waals surface area contributed by atoms with Crippen molar-refractivity contribution < 1.29 is 9.53 Å². The number of hydrogen-bond donors (Lipinski definition) is 2. The van der Waals surface area contributed by atoms with Crippen molar-refractivity contribution in [2.75, 3.05) is 33.9 Å². The van der Waals surface area contributed by atoms with E-state index in [1.54, 1.807) is 7.11 Å². The highest BCUT2D eigenvalue weighted by Gasteiger charge is 2.00. The standard InChI is InChI=1S/C8H19N3O2/c1-11(6-7-13-2)5-3-4-8(12)10-9/h3-7,9H2,1-2H3,(H,10,12). The van der Waals surface area contributed by atoms with E-state index in [0.717, 1.165) is 26.1 Å². The van der Waals surface area contributed by atoms with E-state index in [2.05, 4.69) is 10.3 Å². The van der Waals surface area contributed by atoms with Gasteiger partial charge in [-0.1, -0.05) is 0 Å². The van der Waals surface area contributed by atoms with Crippen LogP contribution in [-0.4, -0.2) is 44.7 Å². The van der Waals surface area contributed by atoms with E-state index in [-0.39, 0.29) is 5.91 Å². The average Bonchev–Trinajstić information content (AvgIpc) is 2.14. The summed E-state index contributed by atoms with van der Waals surface area (Å²) in [5, 5.41) is 0. The normalized spacial score (nSPS) is 10.5. The summed E-state index contributed by atoms with van der Waals surface area (Å²) in [7, 11) is 3.68. The summed E-state index contributed by atoms with van der Waals surface area (Å²) < 4.78 is 4.92. The predicted octanol–water partition coefficient (Wildman–Crippen LogP) is -0.665. The largest absolute Gasteiger partial charge is 0.383 e. The van der Waals surface area contributed by atoms with Gasteiger partial charge in [-0.25, -0.2) is 5.84 Å². The molecule has 0 fully saturated rings. The van der Waals surface area contributed by atoms with Crippen molar-refractivity contribution in [3.05, 3.63) is 0 Å². The molecule has 13 heavy (non-hydrogen) atoms. The SMILES string of the molecule is COCCN(C)CCCC(=O)NN. The molecular formula is C8H19N3O2. The molecule has 78 valence electrons. The molecule has 0 aromatic heterocycles. The number of hydrazine groups is 1. The molecule has 0 unspecified atom stereocenters. The van der Waals surface area contributed by atoms with Gasteiger partial charge in [-0.05, 0) is 20.0 Å². The third kappa shape index (κ3) is 7.70. The number of nitrogens with zero attached hydrogens (tertiary/aromatic N) is 1. The van der Waals surface area contributed by atoms with Crippen LogP contribution in [0.4, 0.5) is 0 Å². The third-order valence-corrected chi connectivity index (χ3v) is 1.78. The highest BCUT2D eigenvalue weighted by atomic mass is 16.5. The maximum atomic E-state index is 10.7. The Morgan fingerprint density at radius 2 is 2.23 bits per heavy atom. The van der Waals surface area contributed by atoms with Crippen molar-refractivity contribution in [3.63, 3.8) is 0 Å². The van der Waals surface area contributed by atoms with E-state index in [1.807, 2.05) is 7.05 Å². The van der Waals surface area contributed by atoms with Crippen LogP contribution >= 0.6 is 0 Å². The average molecular weight is 189 g/mol. The summed E-state index contributed by atoms with van der Waals surface area (Å²) in [5.74, 6) is 4.82. The number of likely N-dealkylation sites (N-methyl/N-ethyl adjacent to an activating group) is 1. The lowest BCUT2D eigenvalue weighted by Crippen LogP contribution is -2.31. The maximum Gasteiger partial charge on any atom is 0.233 e. The lowest BCUT2D eigenvalue weighted by Gasteiger charge is -2.15. The molecule has 0 spiro atoms. The number of carbonyl (C=O) groups excluding carboxylic acids is 1. The molecule has 5 nitrogen and oxygen atoms in total. The lowest BCUT2D eigenvalue weighted by molar-refractivity contribution is -0.121. The Hall–Kier alpha value is -0.650. The van der Waals surface area contributed by atoms with Crippen LogP contribution in [-0.2, 0) is 9.53 Å². The zero-order valence-corrected chi connectivity index (χ0v) is 8.38. The van der Waals surface area contributed by atoms with Crippen LogP contribution in [0.3, 0.4) is 0 Å². The van der Waals surface area contributed by atoms with Gasteiger partial charge in [0, 0.05) is 20.1 Å². The molecule has 0 radical (unpaired) electrons. The van der Waals surface area contributed by atoms with Crippen molar-refractivity contribution >= 4 is 5.91 Å². The second kappa shape index (κ2) is 7.97. The molecule has 0 rings (SSSR count). The first kappa shape index (κ1) is 12.3. The minimum atomic E-state index is -0.111. The number of methoxy groups -OCH3 is 1. The van der Waals surface area contributed by atoms with Crippen molar-refractivity contribution in [1.29, 1.82) is 0 Å². The first-order valence-corrected chi connectivity index (χ1v) is 4.37. The molecule has 0 saturated heterocycles. The van der Waals surface area contributed by atoms with Gasteiger partial charge < -0.3 is 9.64 Å². The molecule has 5 heteroatoms. The highest BCUT2D eigenvalue weighted by Crippen LogP contribution is 1.92. The number of nitrogens with two attached hydrogens (primary N) is 1. The van der Waals surface area contributed by atoms with Gasteiger partial charge in [0.25, 0.3) is 0 Å². The molecule has 3 N–H and O–H groups in total. The number of nitrogens with one attached hydrogen (secondary N) is 1. The fourth-order valence-corrected chi connectivity index (χ4v) is 0.941. The van der Waals surface area contributed by atoms with Crippen LogP contribution < -0.4 is 11.3 Å². The summed E-state index contributed by atoms with van der Waals surface area (Å²) in [4.78, 5) is 12.8. The topological polar surface area (TPSA) is 67.6 Å². The van der Waals surface area contributed by atoms with Gasteiger partial charge >= 0.3 is 0 Å². The molecule has 0 atom stereocenters. The number of rotatable bonds is 7. The van der Waals surface area contributed by atoms with E-state index in [4.69, 9.17) is 10.6 Å². The Morgan fingerprint density at radius 3 is 2.77 bits per heavy atom. The summed E-state index contributed by atoms with van der Waals surface area (Å²) in [6, 6.07) is 0. The van der Waals surface area contributed by atoms with Gasteiger partial charge in [-0.2, -0.15) is 0 Å². The van der Waals surface area contributed by atoms with Crippen LogP contribution in [0, 0.1) is 0 Å². The predicted molar refractivity (Wildman–Crippen MR) is 50.9 cm³/mol. The van der Waals surface area contributed by atoms with Crippen LogP contribution in [0.5, 0.6) is 0 Å². The number of hydrogen-bond acceptors (Lipinski definition) is 4. The van der Waals surface area contributed by atoms with E-state index >= 15 is 0 Å². The number of ether oxygens (including phenoxy) is 1.